The fourth-order valence-electron chi connectivity index (χ4n) is 2.59. The molecule has 6 heteroatoms. The van der Waals surface area contributed by atoms with Gasteiger partial charge in [-0.15, -0.1) is 0 Å². The van der Waals surface area contributed by atoms with Crippen LogP contribution in [0, 0.1) is 0 Å². The normalized spacial score (nSPS) is 20.1. The van der Waals surface area contributed by atoms with Crippen molar-refractivity contribution in [2.45, 2.75) is 18.9 Å². The molecule has 106 valence electrons. The van der Waals surface area contributed by atoms with Gasteiger partial charge in [-0.1, -0.05) is 0 Å². The van der Waals surface area contributed by atoms with Crippen LogP contribution in [-0.2, 0) is 9.53 Å². The van der Waals surface area contributed by atoms with Gasteiger partial charge in [-0.25, -0.2) is 4.79 Å². The highest BCUT2D eigenvalue weighted by Crippen LogP contribution is 2.33. The standard InChI is InChI=1S/C14H15NO5/c1-18-14(17)10-3-2-6-15(10)13(16)9-4-5-11-12(7-9)20-8-19-11/h4-5,7,10H,2-3,6,8H2,1H3. The summed E-state index contributed by atoms with van der Waals surface area (Å²) < 4.78 is 15.2. The number of rotatable bonds is 2. The number of hydrogen-bond donors (Lipinski definition) is 0. The number of carbonyl (C=O) groups excluding carboxylic acids is 2. The summed E-state index contributed by atoms with van der Waals surface area (Å²) in [6, 6.07) is 4.55. The number of ether oxygens (including phenoxy) is 3. The highest BCUT2D eigenvalue weighted by molar-refractivity contribution is 5.97. The molecule has 0 aliphatic carbocycles. The van der Waals surface area contributed by atoms with Gasteiger partial charge in [0, 0.05) is 12.1 Å². The lowest BCUT2D eigenvalue weighted by atomic mass is 10.1. The van der Waals surface area contributed by atoms with Gasteiger partial charge in [-0.3, -0.25) is 4.79 Å². The molecular formula is C14H15NO5. The fraction of sp³-hybridized carbons (Fsp3) is 0.429. The maximum Gasteiger partial charge on any atom is 0.328 e. The van der Waals surface area contributed by atoms with E-state index in [9.17, 15) is 9.59 Å². The lowest BCUT2D eigenvalue weighted by molar-refractivity contribution is -0.145. The van der Waals surface area contributed by atoms with Crippen LogP contribution in [0.1, 0.15) is 23.2 Å². The summed E-state index contributed by atoms with van der Waals surface area (Å²) in [4.78, 5) is 25.7. The molecule has 6 nitrogen and oxygen atoms in total. The molecule has 1 atom stereocenters. The van der Waals surface area contributed by atoms with Gasteiger partial charge in [0.1, 0.15) is 6.04 Å². The van der Waals surface area contributed by atoms with Gasteiger partial charge < -0.3 is 19.1 Å². The van der Waals surface area contributed by atoms with E-state index in [1.165, 1.54) is 7.11 Å². The Morgan fingerprint density at radius 2 is 2.10 bits per heavy atom. The van der Waals surface area contributed by atoms with E-state index in [0.29, 0.717) is 30.0 Å². The van der Waals surface area contributed by atoms with Gasteiger partial charge in [0.15, 0.2) is 11.5 Å². The Labute approximate surface area is 116 Å². The minimum absolute atomic E-state index is 0.168. The van der Waals surface area contributed by atoms with Crippen molar-refractivity contribution >= 4 is 11.9 Å². The van der Waals surface area contributed by atoms with E-state index in [1.54, 1.807) is 23.1 Å². The lowest BCUT2D eigenvalue weighted by Crippen LogP contribution is -2.41. The monoisotopic (exact) mass is 277 g/mol. The first-order valence-electron chi connectivity index (χ1n) is 6.49. The summed E-state index contributed by atoms with van der Waals surface area (Å²) >= 11 is 0. The van der Waals surface area contributed by atoms with Crippen molar-refractivity contribution in [2.24, 2.45) is 0 Å². The number of hydrogen-bond acceptors (Lipinski definition) is 5. The van der Waals surface area contributed by atoms with E-state index in [0.717, 1.165) is 6.42 Å². The number of nitrogens with zero attached hydrogens (tertiary/aromatic N) is 1. The molecule has 1 amide bonds. The van der Waals surface area contributed by atoms with E-state index < -0.39 is 6.04 Å². The third kappa shape index (κ3) is 2.07. The Hall–Kier alpha value is -2.24. The average Bonchev–Trinajstić information content (AvgIpc) is 3.13. The molecule has 1 aromatic rings. The Balaban J connectivity index is 1.83. The highest BCUT2D eigenvalue weighted by Gasteiger charge is 2.35. The number of carbonyl (C=O) groups is 2. The van der Waals surface area contributed by atoms with Crippen LogP contribution in [0.2, 0.25) is 0 Å². The van der Waals surface area contributed by atoms with Gasteiger partial charge in [0.05, 0.1) is 7.11 Å². The van der Waals surface area contributed by atoms with Crippen LogP contribution in [-0.4, -0.2) is 43.3 Å². The largest absolute Gasteiger partial charge is 0.467 e. The molecule has 1 saturated heterocycles. The zero-order chi connectivity index (χ0) is 14.1. The lowest BCUT2D eigenvalue weighted by Gasteiger charge is -2.22. The number of fused-ring (bicyclic) bond motifs is 1. The van der Waals surface area contributed by atoms with Gasteiger partial charge in [-0.2, -0.15) is 0 Å². The molecule has 0 bridgehead atoms. The summed E-state index contributed by atoms with van der Waals surface area (Å²) in [6.07, 6.45) is 1.44. The topological polar surface area (TPSA) is 65.1 Å². The molecule has 1 aromatic carbocycles. The van der Waals surface area contributed by atoms with Gasteiger partial charge in [0.25, 0.3) is 5.91 Å². The molecule has 20 heavy (non-hydrogen) atoms. The van der Waals surface area contributed by atoms with Gasteiger partial charge >= 0.3 is 5.97 Å². The smallest absolute Gasteiger partial charge is 0.328 e. The van der Waals surface area contributed by atoms with Crippen molar-refractivity contribution in [1.82, 2.24) is 4.90 Å². The number of esters is 1. The van der Waals surface area contributed by atoms with E-state index in [4.69, 9.17) is 14.2 Å². The van der Waals surface area contributed by atoms with Crippen LogP contribution in [0.4, 0.5) is 0 Å². The number of likely N-dealkylation sites (tertiary alicyclic amines) is 1. The maximum absolute atomic E-state index is 12.5. The molecule has 2 aliphatic heterocycles. The van der Waals surface area contributed by atoms with Crippen molar-refractivity contribution in [3.8, 4) is 11.5 Å². The predicted molar refractivity (Wildman–Crippen MR) is 68.6 cm³/mol. The Kier molecular flexibility index (Phi) is 3.22. The van der Waals surface area contributed by atoms with Crippen molar-refractivity contribution in [3.05, 3.63) is 23.8 Å². The second-order valence-corrected chi connectivity index (χ2v) is 4.75. The Morgan fingerprint density at radius 1 is 1.30 bits per heavy atom. The van der Waals surface area contributed by atoms with Crippen molar-refractivity contribution < 1.29 is 23.8 Å². The minimum Gasteiger partial charge on any atom is -0.467 e. The molecule has 0 aromatic heterocycles. The van der Waals surface area contributed by atoms with Crippen LogP contribution in [0.5, 0.6) is 11.5 Å². The first-order chi connectivity index (χ1) is 9.70. The quantitative estimate of drug-likeness (QED) is 0.760. The van der Waals surface area contributed by atoms with E-state index in [-0.39, 0.29) is 18.7 Å². The van der Waals surface area contributed by atoms with Crippen LogP contribution in [0.15, 0.2) is 18.2 Å². The van der Waals surface area contributed by atoms with E-state index in [2.05, 4.69) is 0 Å². The molecule has 0 radical (unpaired) electrons. The summed E-state index contributed by atoms with van der Waals surface area (Å²) in [5.74, 6) is 0.643. The summed E-state index contributed by atoms with van der Waals surface area (Å²) in [5.41, 5.74) is 0.491. The second kappa shape index (κ2) is 5.03. The molecule has 0 N–H and O–H groups in total. The SMILES string of the molecule is COC(=O)C1CCCN1C(=O)c1ccc2c(c1)OCO2. The number of amides is 1. The van der Waals surface area contributed by atoms with Crippen molar-refractivity contribution in [2.75, 3.05) is 20.4 Å². The molecule has 0 saturated carbocycles. The molecule has 1 fully saturated rings. The van der Waals surface area contributed by atoms with Gasteiger partial charge in [-0.05, 0) is 31.0 Å². The van der Waals surface area contributed by atoms with Crippen molar-refractivity contribution in [3.63, 3.8) is 0 Å². The van der Waals surface area contributed by atoms with Crippen LogP contribution in [0.3, 0.4) is 0 Å². The third-order valence-corrected chi connectivity index (χ3v) is 3.61. The zero-order valence-corrected chi connectivity index (χ0v) is 11.1. The van der Waals surface area contributed by atoms with Crippen LogP contribution < -0.4 is 9.47 Å². The zero-order valence-electron chi connectivity index (χ0n) is 11.1. The Morgan fingerprint density at radius 3 is 2.90 bits per heavy atom. The van der Waals surface area contributed by atoms with E-state index >= 15 is 0 Å². The molecule has 2 heterocycles. The summed E-state index contributed by atoms with van der Waals surface area (Å²) in [6.45, 7) is 0.731. The average molecular weight is 277 g/mol. The first-order valence-corrected chi connectivity index (χ1v) is 6.49. The van der Waals surface area contributed by atoms with Crippen LogP contribution in [0.25, 0.3) is 0 Å². The summed E-state index contributed by atoms with van der Waals surface area (Å²) in [7, 11) is 1.34. The predicted octanol–water partition coefficient (Wildman–Crippen LogP) is 1.19. The molecule has 3 rings (SSSR count). The molecule has 0 spiro atoms. The van der Waals surface area contributed by atoms with Crippen LogP contribution >= 0.6 is 0 Å². The second-order valence-electron chi connectivity index (χ2n) is 4.75. The van der Waals surface area contributed by atoms with E-state index in [1.807, 2.05) is 0 Å². The molecular weight excluding hydrogens is 262 g/mol. The minimum atomic E-state index is -0.488. The number of methoxy groups -OCH3 is 1. The first kappa shape index (κ1) is 12.8. The summed E-state index contributed by atoms with van der Waals surface area (Å²) in [5, 5.41) is 0. The molecule has 1 unspecified atom stereocenters. The van der Waals surface area contributed by atoms with Gasteiger partial charge in [0.2, 0.25) is 6.79 Å². The fourth-order valence-corrected chi connectivity index (χ4v) is 2.59. The Bertz CT molecular complexity index is 556. The van der Waals surface area contributed by atoms with Crippen molar-refractivity contribution in [1.29, 1.82) is 0 Å². The third-order valence-electron chi connectivity index (χ3n) is 3.61. The number of benzene rings is 1. The highest BCUT2D eigenvalue weighted by atomic mass is 16.7. The maximum atomic E-state index is 12.5. The molecule has 2 aliphatic rings.